The van der Waals surface area contributed by atoms with Crippen LogP contribution in [0.1, 0.15) is 45.2 Å². The van der Waals surface area contributed by atoms with Crippen LogP contribution in [-0.2, 0) is 0 Å². The lowest BCUT2D eigenvalue weighted by atomic mass is 9.98. The average Bonchev–Trinajstić information content (AvgIpc) is 3.28. The van der Waals surface area contributed by atoms with E-state index in [1.807, 2.05) is 6.92 Å². The van der Waals surface area contributed by atoms with E-state index >= 15 is 4.39 Å². The molecule has 0 radical (unpaired) electrons. The summed E-state index contributed by atoms with van der Waals surface area (Å²) in [6.45, 7) is 1.98. The minimum atomic E-state index is -0.949. The van der Waals surface area contributed by atoms with Crippen LogP contribution >= 0.6 is 11.9 Å². The minimum absolute atomic E-state index is 0.0407. The molecule has 2 aromatic heterocycles. The van der Waals surface area contributed by atoms with Crippen LogP contribution in [0.25, 0.3) is 22.2 Å². The summed E-state index contributed by atoms with van der Waals surface area (Å²) in [6, 6.07) is 9.01. The summed E-state index contributed by atoms with van der Waals surface area (Å²) in [5.74, 6) is 0.502. The Kier molecular flexibility index (Phi) is 6.75. The second kappa shape index (κ2) is 9.89. The van der Waals surface area contributed by atoms with E-state index in [0.29, 0.717) is 39.6 Å². The number of aromatic nitrogens is 2. The number of nitrogens with one attached hydrogen (secondary N) is 2. The van der Waals surface area contributed by atoms with Gasteiger partial charge in [-0.05, 0) is 42.3 Å². The van der Waals surface area contributed by atoms with Crippen molar-refractivity contribution in [3.8, 4) is 23.5 Å². The minimum Gasteiger partial charge on any atom is -0.345 e. The number of anilines is 1. The lowest BCUT2D eigenvalue weighted by molar-refractivity contribution is 0.103. The van der Waals surface area contributed by atoms with Crippen LogP contribution in [0.3, 0.4) is 0 Å². The summed E-state index contributed by atoms with van der Waals surface area (Å²) in [5, 5.41) is 0.404. The smallest absolute Gasteiger partial charge is 0.201 e. The first-order chi connectivity index (χ1) is 16.5. The number of aldehydes is 1. The lowest BCUT2D eigenvalue weighted by Crippen LogP contribution is -2.09. The normalized spacial score (nSPS) is 10.8. The molecule has 0 aliphatic carbocycles. The Hall–Kier alpha value is -3.96. The van der Waals surface area contributed by atoms with Crippen molar-refractivity contribution < 1.29 is 18.4 Å². The summed E-state index contributed by atoms with van der Waals surface area (Å²) >= 11 is 1.28. The molecule has 0 saturated heterocycles. The molecular weight excluding hydrogens is 456 g/mol. The maximum Gasteiger partial charge on any atom is 0.201 e. The fourth-order valence-electron chi connectivity index (χ4n) is 3.52. The maximum absolute atomic E-state index is 15.1. The third kappa shape index (κ3) is 4.30. The van der Waals surface area contributed by atoms with Gasteiger partial charge in [0.1, 0.15) is 11.5 Å². The molecule has 4 aromatic rings. The number of halogens is 2. The fourth-order valence-corrected chi connectivity index (χ4v) is 4.14. The third-order valence-corrected chi connectivity index (χ3v) is 6.23. The number of rotatable bonds is 8. The SMILES string of the molecule is C#Cc1cc(-c2cnc3[nH]cc(C(=O)c4c(F)ccc(NSCCC)c4F)c3c2)ccc1C=O. The number of aromatic amines is 1. The zero-order valence-corrected chi connectivity index (χ0v) is 18.9. The van der Waals surface area contributed by atoms with E-state index < -0.39 is 23.0 Å². The van der Waals surface area contributed by atoms with Crippen LogP contribution in [0, 0.1) is 24.0 Å². The number of carbonyl (C=O) groups excluding carboxylic acids is 2. The molecule has 170 valence electrons. The molecule has 5 nitrogen and oxygen atoms in total. The topological polar surface area (TPSA) is 74.8 Å². The van der Waals surface area contributed by atoms with Crippen LogP contribution in [0.2, 0.25) is 0 Å². The first-order valence-electron chi connectivity index (χ1n) is 10.4. The van der Waals surface area contributed by atoms with Crippen LogP contribution in [0.15, 0.2) is 48.8 Å². The second-order valence-electron chi connectivity index (χ2n) is 7.45. The van der Waals surface area contributed by atoms with Gasteiger partial charge in [0.15, 0.2) is 12.1 Å². The molecule has 0 fully saturated rings. The second-order valence-corrected chi connectivity index (χ2v) is 8.35. The number of hydrogen-bond acceptors (Lipinski definition) is 5. The molecule has 0 aliphatic rings. The first-order valence-corrected chi connectivity index (χ1v) is 11.4. The van der Waals surface area contributed by atoms with Crippen molar-refractivity contribution >= 4 is 40.7 Å². The molecular formula is C26H19F2N3O2S. The predicted octanol–water partition coefficient (Wildman–Crippen LogP) is 6.00. The highest BCUT2D eigenvalue weighted by Gasteiger charge is 2.24. The van der Waals surface area contributed by atoms with E-state index in [1.165, 1.54) is 24.2 Å². The van der Waals surface area contributed by atoms with E-state index in [2.05, 4.69) is 20.6 Å². The standard InChI is InChI=1S/C26H19F2N3O2S/c1-3-9-34-31-22-8-7-21(27)23(24(22)28)25(33)20-13-30-26-19(20)11-18(12-29-26)16-5-6-17(14-32)15(4-2)10-16/h2,5-8,10-14,31H,3,9H2,1H3,(H,29,30). The maximum atomic E-state index is 15.1. The number of ketones is 1. The van der Waals surface area contributed by atoms with Crippen molar-refractivity contribution in [1.82, 2.24) is 9.97 Å². The van der Waals surface area contributed by atoms with Crippen LogP contribution in [0.5, 0.6) is 0 Å². The summed E-state index contributed by atoms with van der Waals surface area (Å²) < 4.78 is 32.5. The van der Waals surface area contributed by atoms with Gasteiger partial charge < -0.3 is 9.71 Å². The first kappa shape index (κ1) is 23.2. The molecule has 8 heteroatoms. The molecule has 2 aromatic carbocycles. The highest BCUT2D eigenvalue weighted by Crippen LogP contribution is 2.30. The molecule has 2 N–H and O–H groups in total. The van der Waals surface area contributed by atoms with Crippen molar-refractivity contribution in [2.24, 2.45) is 0 Å². The van der Waals surface area contributed by atoms with Crippen LogP contribution in [-0.4, -0.2) is 27.8 Å². The van der Waals surface area contributed by atoms with Gasteiger partial charge in [-0.3, -0.25) is 9.59 Å². The average molecular weight is 476 g/mol. The number of hydrogen-bond donors (Lipinski definition) is 2. The predicted molar refractivity (Wildman–Crippen MR) is 131 cm³/mol. The monoisotopic (exact) mass is 475 g/mol. The van der Waals surface area contributed by atoms with Gasteiger partial charge in [0.25, 0.3) is 0 Å². The third-order valence-electron chi connectivity index (χ3n) is 5.25. The number of terminal acetylenes is 1. The lowest BCUT2D eigenvalue weighted by Gasteiger charge is -2.10. The summed E-state index contributed by atoms with van der Waals surface area (Å²) in [7, 11) is 0. The highest BCUT2D eigenvalue weighted by atomic mass is 32.2. The quantitative estimate of drug-likeness (QED) is 0.107. The van der Waals surface area contributed by atoms with E-state index in [4.69, 9.17) is 6.42 Å². The highest BCUT2D eigenvalue weighted by molar-refractivity contribution is 8.00. The number of pyridine rings is 1. The number of carbonyl (C=O) groups is 2. The Morgan fingerprint density at radius 1 is 1.24 bits per heavy atom. The number of benzene rings is 2. The fraction of sp³-hybridized carbons (Fsp3) is 0.115. The van der Waals surface area contributed by atoms with Gasteiger partial charge in [-0.25, -0.2) is 13.8 Å². The van der Waals surface area contributed by atoms with Gasteiger partial charge in [0, 0.05) is 45.8 Å². The van der Waals surface area contributed by atoms with E-state index in [0.717, 1.165) is 18.2 Å². The van der Waals surface area contributed by atoms with Crippen molar-refractivity contribution in [3.63, 3.8) is 0 Å². The largest absolute Gasteiger partial charge is 0.345 e. The zero-order valence-electron chi connectivity index (χ0n) is 18.1. The molecule has 0 amide bonds. The number of fused-ring (bicyclic) bond motifs is 1. The molecule has 0 aliphatic heterocycles. The Labute approximate surface area is 199 Å². The number of H-pyrrole nitrogens is 1. The molecule has 34 heavy (non-hydrogen) atoms. The van der Waals surface area contributed by atoms with Gasteiger partial charge in [0.05, 0.1) is 11.3 Å². The van der Waals surface area contributed by atoms with Crippen molar-refractivity contribution in [3.05, 3.63) is 82.7 Å². The van der Waals surface area contributed by atoms with Gasteiger partial charge in [0.2, 0.25) is 5.78 Å². The van der Waals surface area contributed by atoms with Crippen molar-refractivity contribution in [1.29, 1.82) is 0 Å². The Morgan fingerprint density at radius 3 is 2.79 bits per heavy atom. The molecule has 4 rings (SSSR count). The van der Waals surface area contributed by atoms with Gasteiger partial charge >= 0.3 is 0 Å². The Bertz CT molecular complexity index is 1460. The van der Waals surface area contributed by atoms with Gasteiger partial charge in [-0.15, -0.1) is 6.42 Å². The van der Waals surface area contributed by atoms with E-state index in [1.54, 1.807) is 30.5 Å². The zero-order chi connectivity index (χ0) is 24.2. The van der Waals surface area contributed by atoms with E-state index in [-0.39, 0.29) is 11.3 Å². The molecule has 0 atom stereocenters. The Balaban J connectivity index is 1.77. The van der Waals surface area contributed by atoms with E-state index in [9.17, 15) is 14.0 Å². The molecule has 0 saturated carbocycles. The molecule has 0 unspecified atom stereocenters. The molecule has 0 bridgehead atoms. The Morgan fingerprint density at radius 2 is 2.06 bits per heavy atom. The summed E-state index contributed by atoms with van der Waals surface area (Å²) in [5.41, 5.74) is 2.00. The van der Waals surface area contributed by atoms with Gasteiger partial charge in [-0.2, -0.15) is 0 Å². The van der Waals surface area contributed by atoms with Crippen LogP contribution < -0.4 is 4.72 Å². The summed E-state index contributed by atoms with van der Waals surface area (Å²) in [6.07, 6.45) is 10.0. The van der Waals surface area contributed by atoms with Crippen molar-refractivity contribution in [2.45, 2.75) is 13.3 Å². The van der Waals surface area contributed by atoms with Crippen molar-refractivity contribution in [2.75, 3.05) is 10.5 Å². The van der Waals surface area contributed by atoms with Crippen LogP contribution in [0.4, 0.5) is 14.5 Å². The summed E-state index contributed by atoms with van der Waals surface area (Å²) in [4.78, 5) is 31.6. The number of nitrogens with zero attached hydrogens (tertiary/aromatic N) is 1. The molecule has 2 heterocycles. The van der Waals surface area contributed by atoms with Gasteiger partial charge in [-0.1, -0.05) is 30.9 Å². The molecule has 0 spiro atoms.